The molecule has 7 heteroatoms. The standard InChI is InChI=1S/C12H12BrNO3S2/c1-8-5-12(18-11(8)7-15)19(16,17)14-10-4-2-3-9(13)6-10/h2-6,14-15H,7H2,1H3. The van der Waals surface area contributed by atoms with E-state index in [0.29, 0.717) is 10.6 Å². The summed E-state index contributed by atoms with van der Waals surface area (Å²) in [6.07, 6.45) is 0. The molecule has 1 aromatic carbocycles. The number of aryl methyl sites for hydroxylation is 1. The van der Waals surface area contributed by atoms with Crippen LogP contribution in [0.2, 0.25) is 0 Å². The highest BCUT2D eigenvalue weighted by atomic mass is 79.9. The zero-order chi connectivity index (χ0) is 14.0. The van der Waals surface area contributed by atoms with Crippen LogP contribution in [0.15, 0.2) is 39.0 Å². The van der Waals surface area contributed by atoms with Gasteiger partial charge in [0.05, 0.1) is 6.61 Å². The topological polar surface area (TPSA) is 66.4 Å². The lowest BCUT2D eigenvalue weighted by atomic mass is 10.3. The Morgan fingerprint density at radius 3 is 2.68 bits per heavy atom. The maximum atomic E-state index is 12.2. The lowest BCUT2D eigenvalue weighted by Gasteiger charge is -2.06. The molecule has 0 unspecified atom stereocenters. The minimum absolute atomic E-state index is 0.150. The van der Waals surface area contributed by atoms with E-state index >= 15 is 0 Å². The number of halogens is 1. The van der Waals surface area contributed by atoms with Crippen LogP contribution in [-0.4, -0.2) is 13.5 Å². The molecule has 2 N–H and O–H groups in total. The van der Waals surface area contributed by atoms with Crippen molar-refractivity contribution < 1.29 is 13.5 Å². The predicted octanol–water partition coefficient (Wildman–Crippen LogP) is 3.11. The van der Waals surface area contributed by atoms with Gasteiger partial charge in [0.2, 0.25) is 0 Å². The van der Waals surface area contributed by atoms with Crippen LogP contribution < -0.4 is 4.72 Å². The quantitative estimate of drug-likeness (QED) is 0.878. The number of nitrogens with one attached hydrogen (secondary N) is 1. The molecule has 0 aliphatic rings. The molecular weight excluding hydrogens is 350 g/mol. The SMILES string of the molecule is Cc1cc(S(=O)(=O)Nc2cccc(Br)c2)sc1CO. The molecule has 2 aromatic rings. The molecule has 19 heavy (non-hydrogen) atoms. The van der Waals surface area contributed by atoms with Crippen molar-refractivity contribution in [2.75, 3.05) is 4.72 Å². The van der Waals surface area contributed by atoms with Gasteiger partial charge in [-0.15, -0.1) is 11.3 Å². The molecule has 0 aliphatic heterocycles. The smallest absolute Gasteiger partial charge is 0.271 e. The number of benzene rings is 1. The normalized spacial score (nSPS) is 11.5. The summed E-state index contributed by atoms with van der Waals surface area (Å²) in [5.41, 5.74) is 1.27. The summed E-state index contributed by atoms with van der Waals surface area (Å²) in [7, 11) is -3.61. The van der Waals surface area contributed by atoms with Gasteiger partial charge in [-0.05, 0) is 36.8 Å². The molecule has 0 spiro atoms. The third kappa shape index (κ3) is 3.36. The Kier molecular flexibility index (Phi) is 4.29. The summed E-state index contributed by atoms with van der Waals surface area (Å²) in [6.45, 7) is 1.63. The molecule has 0 saturated carbocycles. The summed E-state index contributed by atoms with van der Waals surface area (Å²) >= 11 is 4.37. The van der Waals surface area contributed by atoms with Crippen LogP contribution in [-0.2, 0) is 16.6 Å². The second kappa shape index (κ2) is 5.62. The monoisotopic (exact) mass is 361 g/mol. The summed E-state index contributed by atoms with van der Waals surface area (Å²) in [4.78, 5) is 0.662. The molecule has 2 rings (SSSR count). The van der Waals surface area contributed by atoms with Crippen molar-refractivity contribution in [1.82, 2.24) is 0 Å². The molecule has 0 amide bonds. The van der Waals surface area contributed by atoms with Crippen LogP contribution in [0.25, 0.3) is 0 Å². The molecule has 0 atom stereocenters. The highest BCUT2D eigenvalue weighted by Gasteiger charge is 2.18. The summed E-state index contributed by atoms with van der Waals surface area (Å²) < 4.78 is 27.9. The Bertz CT molecular complexity index is 695. The molecule has 1 heterocycles. The first-order valence-corrected chi connectivity index (χ1v) is 8.50. The van der Waals surface area contributed by atoms with Gasteiger partial charge in [-0.3, -0.25) is 4.72 Å². The van der Waals surface area contributed by atoms with Crippen LogP contribution >= 0.6 is 27.3 Å². The predicted molar refractivity (Wildman–Crippen MR) is 79.9 cm³/mol. The third-order valence-corrected chi connectivity index (χ3v) is 6.05. The summed E-state index contributed by atoms with van der Waals surface area (Å²) in [6, 6.07) is 8.49. The Morgan fingerprint density at radius 1 is 1.37 bits per heavy atom. The maximum Gasteiger partial charge on any atom is 0.271 e. The molecular formula is C12H12BrNO3S2. The van der Waals surface area contributed by atoms with Gasteiger partial charge in [-0.1, -0.05) is 22.0 Å². The van der Waals surface area contributed by atoms with Crippen LogP contribution in [0, 0.1) is 6.92 Å². The number of hydrogen-bond donors (Lipinski definition) is 2. The minimum atomic E-state index is -3.61. The number of hydrogen-bond acceptors (Lipinski definition) is 4. The largest absolute Gasteiger partial charge is 0.391 e. The second-order valence-corrected chi connectivity index (χ2v) is 7.91. The van der Waals surface area contributed by atoms with E-state index in [9.17, 15) is 8.42 Å². The molecule has 0 fully saturated rings. The van der Waals surface area contributed by atoms with Crippen molar-refractivity contribution in [3.8, 4) is 0 Å². The van der Waals surface area contributed by atoms with E-state index in [-0.39, 0.29) is 10.8 Å². The summed E-state index contributed by atoms with van der Waals surface area (Å²) in [5, 5.41) is 9.11. The molecule has 0 bridgehead atoms. The average molecular weight is 362 g/mol. The lowest BCUT2D eigenvalue weighted by Crippen LogP contribution is -2.11. The first kappa shape index (κ1) is 14.5. The van der Waals surface area contributed by atoms with Gasteiger partial charge in [0.25, 0.3) is 10.0 Å². The van der Waals surface area contributed by atoms with E-state index < -0.39 is 10.0 Å². The lowest BCUT2D eigenvalue weighted by molar-refractivity contribution is 0.285. The average Bonchev–Trinajstić information content (AvgIpc) is 2.71. The van der Waals surface area contributed by atoms with Crippen molar-refractivity contribution in [3.63, 3.8) is 0 Å². The number of anilines is 1. The van der Waals surface area contributed by atoms with Gasteiger partial charge in [0.15, 0.2) is 0 Å². The fourth-order valence-corrected chi connectivity index (χ4v) is 4.43. The van der Waals surface area contributed by atoms with Gasteiger partial charge >= 0.3 is 0 Å². The molecule has 102 valence electrons. The molecule has 1 aromatic heterocycles. The van der Waals surface area contributed by atoms with Crippen LogP contribution in [0.4, 0.5) is 5.69 Å². The fraction of sp³-hybridized carbons (Fsp3) is 0.167. The number of rotatable bonds is 4. The molecule has 0 aliphatic carbocycles. The van der Waals surface area contributed by atoms with Gasteiger partial charge < -0.3 is 5.11 Å². The first-order valence-electron chi connectivity index (χ1n) is 5.41. The fourth-order valence-electron chi connectivity index (χ4n) is 1.54. The van der Waals surface area contributed by atoms with E-state index in [1.165, 1.54) is 0 Å². The Morgan fingerprint density at radius 2 is 2.11 bits per heavy atom. The van der Waals surface area contributed by atoms with Crippen LogP contribution in [0.1, 0.15) is 10.4 Å². The maximum absolute atomic E-state index is 12.2. The molecule has 0 saturated heterocycles. The number of sulfonamides is 1. The number of thiophene rings is 1. The van der Waals surface area contributed by atoms with Crippen molar-refractivity contribution >= 4 is 43.0 Å². The Balaban J connectivity index is 2.32. The second-order valence-electron chi connectivity index (χ2n) is 3.95. The van der Waals surface area contributed by atoms with Crippen molar-refractivity contribution in [2.24, 2.45) is 0 Å². The zero-order valence-corrected chi connectivity index (χ0v) is 13.3. The Hall–Kier alpha value is -0.890. The third-order valence-electron chi connectivity index (χ3n) is 2.48. The zero-order valence-electron chi connectivity index (χ0n) is 10.1. The highest BCUT2D eigenvalue weighted by Crippen LogP contribution is 2.28. The molecule has 4 nitrogen and oxygen atoms in total. The van der Waals surface area contributed by atoms with Gasteiger partial charge in [0.1, 0.15) is 4.21 Å². The highest BCUT2D eigenvalue weighted by molar-refractivity contribution is 9.10. The van der Waals surface area contributed by atoms with Gasteiger partial charge in [-0.25, -0.2) is 8.42 Å². The van der Waals surface area contributed by atoms with Gasteiger partial charge in [0, 0.05) is 15.0 Å². The first-order chi connectivity index (χ1) is 8.92. The van der Waals surface area contributed by atoms with E-state index in [2.05, 4.69) is 20.7 Å². The van der Waals surface area contributed by atoms with E-state index in [1.807, 2.05) is 6.07 Å². The van der Waals surface area contributed by atoms with E-state index in [1.54, 1.807) is 31.2 Å². The van der Waals surface area contributed by atoms with Gasteiger partial charge in [-0.2, -0.15) is 0 Å². The van der Waals surface area contributed by atoms with Crippen molar-refractivity contribution in [3.05, 3.63) is 45.2 Å². The van der Waals surface area contributed by atoms with Crippen LogP contribution in [0.3, 0.4) is 0 Å². The number of aliphatic hydroxyl groups is 1. The van der Waals surface area contributed by atoms with Crippen molar-refractivity contribution in [2.45, 2.75) is 17.7 Å². The van der Waals surface area contributed by atoms with E-state index in [0.717, 1.165) is 21.4 Å². The molecule has 0 radical (unpaired) electrons. The van der Waals surface area contributed by atoms with Crippen LogP contribution in [0.5, 0.6) is 0 Å². The van der Waals surface area contributed by atoms with Crippen molar-refractivity contribution in [1.29, 1.82) is 0 Å². The summed E-state index contributed by atoms with van der Waals surface area (Å²) in [5.74, 6) is 0. The Labute approximate surface area is 124 Å². The number of aliphatic hydroxyl groups excluding tert-OH is 1. The minimum Gasteiger partial charge on any atom is -0.391 e. The van der Waals surface area contributed by atoms with E-state index in [4.69, 9.17) is 5.11 Å².